The normalized spacial score (nSPS) is 19.2. The molecule has 0 fully saturated rings. The molecule has 5 heteroatoms. The van der Waals surface area contributed by atoms with Gasteiger partial charge in [0.1, 0.15) is 0 Å². The van der Waals surface area contributed by atoms with Crippen molar-refractivity contribution in [2.45, 2.75) is 45.4 Å². The third kappa shape index (κ3) is 3.73. The second-order valence-corrected chi connectivity index (χ2v) is 7.76. The summed E-state index contributed by atoms with van der Waals surface area (Å²) >= 11 is 0. The van der Waals surface area contributed by atoms with Gasteiger partial charge in [0.15, 0.2) is 5.78 Å². The van der Waals surface area contributed by atoms with E-state index in [2.05, 4.69) is 5.32 Å². The predicted octanol–water partition coefficient (Wildman–Crippen LogP) is 4.48. The largest absolute Gasteiger partial charge is 0.326 e. The van der Waals surface area contributed by atoms with E-state index in [9.17, 15) is 14.4 Å². The molecule has 5 nitrogen and oxygen atoms in total. The quantitative estimate of drug-likeness (QED) is 0.843. The van der Waals surface area contributed by atoms with Crippen LogP contribution in [0.15, 0.2) is 59.8 Å². The summed E-state index contributed by atoms with van der Waals surface area (Å²) in [5.74, 6) is -0.183. The average Bonchev–Trinajstić information content (AvgIpc) is 2.69. The molecule has 2 amide bonds. The zero-order chi connectivity index (χ0) is 20.5. The molecule has 0 aromatic heterocycles. The number of rotatable bonds is 3. The molecule has 1 unspecified atom stereocenters. The number of carbonyl (C=O) groups excluding carboxylic acids is 3. The fraction of sp³-hybridized carbons (Fsp3) is 0.292. The number of hydrogen-bond acceptors (Lipinski definition) is 3. The van der Waals surface area contributed by atoms with E-state index in [1.807, 2.05) is 43.3 Å². The molecule has 0 bridgehead atoms. The van der Waals surface area contributed by atoms with Crippen LogP contribution in [0.2, 0.25) is 0 Å². The summed E-state index contributed by atoms with van der Waals surface area (Å²) in [5.41, 5.74) is 5.19. The van der Waals surface area contributed by atoms with E-state index in [0.29, 0.717) is 18.5 Å². The summed E-state index contributed by atoms with van der Waals surface area (Å²) < 4.78 is 0. The van der Waals surface area contributed by atoms with Crippen molar-refractivity contribution in [2.75, 3.05) is 10.2 Å². The van der Waals surface area contributed by atoms with E-state index >= 15 is 0 Å². The average molecular weight is 388 g/mol. The van der Waals surface area contributed by atoms with Gasteiger partial charge >= 0.3 is 0 Å². The van der Waals surface area contributed by atoms with E-state index < -0.39 is 0 Å². The first kappa shape index (κ1) is 19.1. The Kier molecular flexibility index (Phi) is 5.05. The summed E-state index contributed by atoms with van der Waals surface area (Å²) in [5, 5.41) is 2.73. The van der Waals surface area contributed by atoms with Crippen LogP contribution in [0.4, 0.5) is 11.4 Å². The van der Waals surface area contributed by atoms with Crippen LogP contribution in [0.3, 0.4) is 0 Å². The molecule has 148 valence electrons. The minimum Gasteiger partial charge on any atom is -0.326 e. The van der Waals surface area contributed by atoms with Crippen molar-refractivity contribution >= 4 is 29.0 Å². The zero-order valence-electron chi connectivity index (χ0n) is 16.7. The van der Waals surface area contributed by atoms with Gasteiger partial charge in [0.2, 0.25) is 11.8 Å². The molecule has 0 saturated heterocycles. The van der Waals surface area contributed by atoms with Crippen molar-refractivity contribution in [1.29, 1.82) is 0 Å². The molecule has 4 rings (SSSR count). The van der Waals surface area contributed by atoms with Gasteiger partial charge in [-0.1, -0.05) is 29.8 Å². The first-order valence-corrected chi connectivity index (χ1v) is 9.97. The minimum atomic E-state index is -0.180. The minimum absolute atomic E-state index is 0.00342. The number of Topliss-reactive ketones (excluding diaryl/α,β-unsaturated/α-hetero) is 1. The number of nitrogens with one attached hydrogen (secondary N) is 1. The maximum Gasteiger partial charge on any atom is 0.232 e. The molecule has 2 aromatic carbocycles. The van der Waals surface area contributed by atoms with Crippen LogP contribution in [0.1, 0.15) is 49.7 Å². The SMILES string of the molecule is CC(=O)Nc1ccc(N2C(=O)CC(c3ccc(C)cc3)C3=C2CCCC3=O)cc1. The van der Waals surface area contributed by atoms with Crippen LogP contribution in [0, 0.1) is 6.92 Å². The maximum absolute atomic E-state index is 13.2. The Balaban J connectivity index is 1.76. The van der Waals surface area contributed by atoms with Crippen molar-refractivity contribution in [3.8, 4) is 0 Å². The van der Waals surface area contributed by atoms with Crippen LogP contribution in [-0.4, -0.2) is 17.6 Å². The van der Waals surface area contributed by atoms with Gasteiger partial charge in [-0.2, -0.15) is 0 Å². The molecule has 29 heavy (non-hydrogen) atoms. The summed E-state index contributed by atoms with van der Waals surface area (Å²) in [6.45, 7) is 3.48. The van der Waals surface area contributed by atoms with Crippen LogP contribution >= 0.6 is 0 Å². The van der Waals surface area contributed by atoms with Gasteiger partial charge < -0.3 is 5.32 Å². The Labute approximate surface area is 170 Å². The van der Waals surface area contributed by atoms with Crippen molar-refractivity contribution in [1.82, 2.24) is 0 Å². The Bertz CT molecular complexity index is 1000. The number of aryl methyl sites for hydroxylation is 1. The van der Waals surface area contributed by atoms with Gasteiger partial charge in [-0.3, -0.25) is 19.3 Å². The van der Waals surface area contributed by atoms with Crippen LogP contribution in [-0.2, 0) is 14.4 Å². The molecule has 1 N–H and O–H groups in total. The molecule has 1 aliphatic heterocycles. The van der Waals surface area contributed by atoms with Crippen LogP contribution in [0.25, 0.3) is 0 Å². The molecule has 0 radical (unpaired) electrons. The van der Waals surface area contributed by atoms with Crippen molar-refractivity contribution in [2.24, 2.45) is 0 Å². The second kappa shape index (κ2) is 7.66. The Morgan fingerprint density at radius 2 is 1.69 bits per heavy atom. The number of allylic oxidation sites excluding steroid dienone is 2. The number of anilines is 2. The predicted molar refractivity (Wildman–Crippen MR) is 113 cm³/mol. The zero-order valence-corrected chi connectivity index (χ0v) is 16.7. The molecule has 1 aliphatic carbocycles. The third-order valence-corrected chi connectivity index (χ3v) is 5.60. The van der Waals surface area contributed by atoms with Crippen molar-refractivity contribution < 1.29 is 14.4 Å². The Morgan fingerprint density at radius 3 is 2.34 bits per heavy atom. The van der Waals surface area contributed by atoms with Gasteiger partial charge in [0, 0.05) is 48.3 Å². The van der Waals surface area contributed by atoms with E-state index in [1.165, 1.54) is 6.92 Å². The van der Waals surface area contributed by atoms with E-state index in [1.54, 1.807) is 17.0 Å². The number of benzene rings is 2. The topological polar surface area (TPSA) is 66.5 Å². The molecule has 0 spiro atoms. The highest BCUT2D eigenvalue weighted by molar-refractivity contribution is 6.07. The number of nitrogens with zero attached hydrogens (tertiary/aromatic N) is 1. The monoisotopic (exact) mass is 388 g/mol. The summed E-state index contributed by atoms with van der Waals surface area (Å²) in [7, 11) is 0. The lowest BCUT2D eigenvalue weighted by molar-refractivity contribution is -0.120. The molecular formula is C24H24N2O3. The maximum atomic E-state index is 13.2. The lowest BCUT2D eigenvalue weighted by Gasteiger charge is -2.38. The van der Waals surface area contributed by atoms with Gasteiger partial charge in [-0.05, 0) is 49.6 Å². The lowest BCUT2D eigenvalue weighted by Crippen LogP contribution is -2.40. The first-order chi connectivity index (χ1) is 13.9. The van der Waals surface area contributed by atoms with E-state index in [0.717, 1.165) is 34.5 Å². The fourth-order valence-corrected chi connectivity index (χ4v) is 4.27. The lowest BCUT2D eigenvalue weighted by atomic mass is 9.77. The highest BCUT2D eigenvalue weighted by Crippen LogP contribution is 2.43. The molecule has 1 heterocycles. The van der Waals surface area contributed by atoms with Crippen molar-refractivity contribution in [3.63, 3.8) is 0 Å². The third-order valence-electron chi connectivity index (χ3n) is 5.60. The number of ketones is 1. The number of amides is 2. The van der Waals surface area contributed by atoms with Crippen LogP contribution in [0.5, 0.6) is 0 Å². The van der Waals surface area contributed by atoms with Gasteiger partial charge in [0.05, 0.1) is 0 Å². The van der Waals surface area contributed by atoms with Gasteiger partial charge in [0.25, 0.3) is 0 Å². The molecular weight excluding hydrogens is 364 g/mol. The Hall–Kier alpha value is -3.21. The summed E-state index contributed by atoms with van der Waals surface area (Å²) in [6, 6.07) is 15.3. The first-order valence-electron chi connectivity index (χ1n) is 9.97. The van der Waals surface area contributed by atoms with Gasteiger partial charge in [-0.15, -0.1) is 0 Å². The standard InChI is InChI=1S/C24H24N2O3/c1-15-6-8-17(9-7-15)20-14-23(29)26(21-4-3-5-22(28)24(20)21)19-12-10-18(11-13-19)25-16(2)27/h6-13,20H,3-5,14H2,1-2H3,(H,25,27). The highest BCUT2D eigenvalue weighted by atomic mass is 16.2. The Morgan fingerprint density at radius 1 is 1.00 bits per heavy atom. The van der Waals surface area contributed by atoms with Crippen molar-refractivity contribution in [3.05, 3.63) is 70.9 Å². The van der Waals surface area contributed by atoms with Gasteiger partial charge in [-0.25, -0.2) is 0 Å². The van der Waals surface area contributed by atoms with E-state index in [-0.39, 0.29) is 29.9 Å². The molecule has 0 saturated carbocycles. The summed E-state index contributed by atoms with van der Waals surface area (Å²) in [4.78, 5) is 39.0. The van der Waals surface area contributed by atoms with E-state index in [4.69, 9.17) is 0 Å². The number of hydrogen-bond donors (Lipinski definition) is 1. The molecule has 1 atom stereocenters. The second-order valence-electron chi connectivity index (χ2n) is 7.76. The highest BCUT2D eigenvalue weighted by Gasteiger charge is 2.39. The van der Waals surface area contributed by atoms with Crippen LogP contribution < -0.4 is 10.2 Å². The number of carbonyl (C=O) groups is 3. The smallest absolute Gasteiger partial charge is 0.232 e. The molecule has 2 aliphatic rings. The fourth-order valence-electron chi connectivity index (χ4n) is 4.27. The molecule has 2 aromatic rings. The summed E-state index contributed by atoms with van der Waals surface area (Å²) in [6.07, 6.45) is 2.28.